The fourth-order valence-corrected chi connectivity index (χ4v) is 3.21. The summed E-state index contributed by atoms with van der Waals surface area (Å²) in [6.45, 7) is 4.09. The smallest absolute Gasteiger partial charge is 0.271 e. The van der Waals surface area contributed by atoms with Gasteiger partial charge in [-0.15, -0.1) is 0 Å². The van der Waals surface area contributed by atoms with Gasteiger partial charge in [0.1, 0.15) is 0 Å². The highest BCUT2D eigenvalue weighted by Crippen LogP contribution is 2.20. The summed E-state index contributed by atoms with van der Waals surface area (Å²) in [6.07, 6.45) is 0.806. The average molecular weight is 354 g/mol. The highest BCUT2D eigenvalue weighted by Gasteiger charge is 2.25. The first-order chi connectivity index (χ1) is 12.5. The third kappa shape index (κ3) is 3.61. The second-order valence-corrected chi connectivity index (χ2v) is 6.44. The van der Waals surface area contributed by atoms with Crippen LogP contribution < -0.4 is 16.2 Å². The molecule has 2 aromatic rings. The van der Waals surface area contributed by atoms with Gasteiger partial charge in [-0.05, 0) is 38.5 Å². The van der Waals surface area contributed by atoms with Gasteiger partial charge in [0, 0.05) is 30.0 Å². The van der Waals surface area contributed by atoms with Gasteiger partial charge in [-0.1, -0.05) is 18.2 Å². The Morgan fingerprint density at radius 2 is 1.88 bits per heavy atom. The van der Waals surface area contributed by atoms with E-state index in [0.29, 0.717) is 24.9 Å². The standard InChI is InChI=1S/C19H22N4O3/c1-12-10-16(13(2)23(12)15-6-4-3-5-7-15)19(26)22-21-18(25)14-8-9-17(24)20-11-14/h3-7,10,14H,8-9,11H2,1-2H3,(H,20,24)(H,21,25)(H,22,26)/t14-/m1/s1. The van der Waals surface area contributed by atoms with Gasteiger partial charge < -0.3 is 9.88 Å². The zero-order valence-corrected chi connectivity index (χ0v) is 14.8. The summed E-state index contributed by atoms with van der Waals surface area (Å²) in [4.78, 5) is 35.8. The number of carbonyl (C=O) groups excluding carboxylic acids is 3. The lowest BCUT2D eigenvalue weighted by molar-refractivity contribution is -0.129. The van der Waals surface area contributed by atoms with Crippen LogP contribution in [0.25, 0.3) is 5.69 Å². The van der Waals surface area contributed by atoms with Crippen molar-refractivity contribution in [3.8, 4) is 5.69 Å². The quantitative estimate of drug-likeness (QED) is 0.727. The molecular weight excluding hydrogens is 332 g/mol. The van der Waals surface area contributed by atoms with Gasteiger partial charge in [0.15, 0.2) is 0 Å². The molecule has 0 aliphatic carbocycles. The lowest BCUT2D eigenvalue weighted by Crippen LogP contribution is -2.49. The monoisotopic (exact) mass is 354 g/mol. The van der Waals surface area contributed by atoms with E-state index in [0.717, 1.165) is 17.1 Å². The molecule has 0 bridgehead atoms. The van der Waals surface area contributed by atoms with Crippen molar-refractivity contribution in [3.63, 3.8) is 0 Å². The van der Waals surface area contributed by atoms with Gasteiger partial charge in [-0.3, -0.25) is 25.2 Å². The molecule has 26 heavy (non-hydrogen) atoms. The summed E-state index contributed by atoms with van der Waals surface area (Å²) in [5.41, 5.74) is 8.14. The maximum absolute atomic E-state index is 12.5. The Bertz CT molecular complexity index is 832. The lowest BCUT2D eigenvalue weighted by atomic mass is 9.99. The fraction of sp³-hybridized carbons (Fsp3) is 0.316. The van der Waals surface area contributed by atoms with Gasteiger partial charge in [-0.25, -0.2) is 0 Å². The molecule has 1 aromatic heterocycles. The topological polar surface area (TPSA) is 92.2 Å². The molecule has 3 amide bonds. The van der Waals surface area contributed by atoms with Crippen molar-refractivity contribution in [3.05, 3.63) is 53.3 Å². The van der Waals surface area contributed by atoms with Crippen molar-refractivity contribution in [2.45, 2.75) is 26.7 Å². The molecule has 0 saturated carbocycles. The normalized spacial score (nSPS) is 16.7. The SMILES string of the molecule is Cc1cc(C(=O)NNC(=O)[C@@H]2CCC(=O)NC2)c(C)n1-c1ccccc1. The summed E-state index contributed by atoms with van der Waals surface area (Å²) < 4.78 is 1.99. The summed E-state index contributed by atoms with van der Waals surface area (Å²) >= 11 is 0. The number of rotatable bonds is 3. The van der Waals surface area contributed by atoms with Crippen LogP contribution in [0.4, 0.5) is 0 Å². The number of benzene rings is 1. The molecule has 0 radical (unpaired) electrons. The second kappa shape index (κ2) is 7.43. The van der Waals surface area contributed by atoms with Crippen molar-refractivity contribution >= 4 is 17.7 Å². The molecule has 3 N–H and O–H groups in total. The number of aromatic nitrogens is 1. The number of piperidine rings is 1. The molecule has 136 valence electrons. The van der Waals surface area contributed by atoms with Crippen LogP contribution in [0.1, 0.15) is 34.6 Å². The minimum absolute atomic E-state index is 0.0496. The molecule has 2 heterocycles. The number of nitrogens with one attached hydrogen (secondary N) is 3. The number of hydrogen-bond donors (Lipinski definition) is 3. The van der Waals surface area contributed by atoms with Crippen molar-refractivity contribution in [1.82, 2.24) is 20.7 Å². The molecule has 3 rings (SSSR count). The summed E-state index contributed by atoms with van der Waals surface area (Å²) in [5.74, 6) is -1.04. The van der Waals surface area contributed by atoms with E-state index in [4.69, 9.17) is 0 Å². The number of hydrogen-bond acceptors (Lipinski definition) is 3. The Kier molecular flexibility index (Phi) is 5.06. The number of amides is 3. The van der Waals surface area contributed by atoms with E-state index >= 15 is 0 Å². The van der Waals surface area contributed by atoms with Crippen LogP contribution in [-0.2, 0) is 9.59 Å². The first-order valence-corrected chi connectivity index (χ1v) is 8.58. The highest BCUT2D eigenvalue weighted by molar-refractivity contribution is 5.97. The Morgan fingerprint density at radius 3 is 2.54 bits per heavy atom. The van der Waals surface area contributed by atoms with Gasteiger partial charge in [0.2, 0.25) is 11.8 Å². The molecule has 1 saturated heterocycles. The first kappa shape index (κ1) is 17.7. The third-order valence-corrected chi connectivity index (χ3v) is 4.63. The van der Waals surface area contributed by atoms with E-state index < -0.39 is 0 Å². The van der Waals surface area contributed by atoms with Gasteiger partial charge in [0.25, 0.3) is 5.91 Å². The van der Waals surface area contributed by atoms with Crippen LogP contribution >= 0.6 is 0 Å². The molecular formula is C19H22N4O3. The largest absolute Gasteiger partial charge is 0.355 e. The fourth-order valence-electron chi connectivity index (χ4n) is 3.21. The Morgan fingerprint density at radius 1 is 1.15 bits per heavy atom. The average Bonchev–Trinajstić information content (AvgIpc) is 2.95. The van der Waals surface area contributed by atoms with Crippen LogP contribution in [0.15, 0.2) is 36.4 Å². The zero-order chi connectivity index (χ0) is 18.7. The van der Waals surface area contributed by atoms with E-state index in [-0.39, 0.29) is 23.6 Å². The highest BCUT2D eigenvalue weighted by atomic mass is 16.2. The van der Waals surface area contributed by atoms with Gasteiger partial charge in [0.05, 0.1) is 11.5 Å². The Balaban J connectivity index is 1.67. The maximum Gasteiger partial charge on any atom is 0.271 e. The van der Waals surface area contributed by atoms with Crippen LogP contribution in [-0.4, -0.2) is 28.8 Å². The third-order valence-electron chi connectivity index (χ3n) is 4.63. The molecule has 1 aliphatic heterocycles. The van der Waals surface area contributed by atoms with E-state index in [1.54, 1.807) is 6.07 Å². The number of nitrogens with zero attached hydrogens (tertiary/aromatic N) is 1. The zero-order valence-electron chi connectivity index (χ0n) is 14.8. The number of carbonyl (C=O) groups is 3. The minimum atomic E-state index is -0.367. The summed E-state index contributed by atoms with van der Waals surface area (Å²) in [7, 11) is 0. The number of para-hydroxylation sites is 1. The van der Waals surface area contributed by atoms with E-state index in [1.165, 1.54) is 0 Å². The molecule has 7 heteroatoms. The van der Waals surface area contributed by atoms with Crippen molar-refractivity contribution in [1.29, 1.82) is 0 Å². The van der Waals surface area contributed by atoms with Crippen molar-refractivity contribution in [2.75, 3.05) is 6.54 Å². The van der Waals surface area contributed by atoms with Crippen LogP contribution in [0.3, 0.4) is 0 Å². The predicted octanol–water partition coefficient (Wildman–Crippen LogP) is 1.38. The molecule has 0 spiro atoms. The van der Waals surface area contributed by atoms with E-state index in [9.17, 15) is 14.4 Å². The van der Waals surface area contributed by atoms with Crippen LogP contribution in [0.5, 0.6) is 0 Å². The summed E-state index contributed by atoms with van der Waals surface area (Å²) in [6, 6.07) is 11.6. The summed E-state index contributed by atoms with van der Waals surface area (Å²) in [5, 5.41) is 2.65. The van der Waals surface area contributed by atoms with E-state index in [2.05, 4.69) is 16.2 Å². The van der Waals surface area contributed by atoms with Crippen LogP contribution in [0.2, 0.25) is 0 Å². The number of aryl methyl sites for hydroxylation is 1. The molecule has 1 aliphatic rings. The van der Waals surface area contributed by atoms with Crippen molar-refractivity contribution < 1.29 is 14.4 Å². The molecule has 0 unspecified atom stereocenters. The van der Waals surface area contributed by atoms with E-state index in [1.807, 2.05) is 48.7 Å². The second-order valence-electron chi connectivity index (χ2n) is 6.44. The number of hydrazine groups is 1. The molecule has 1 atom stereocenters. The van der Waals surface area contributed by atoms with Gasteiger partial charge >= 0.3 is 0 Å². The molecule has 1 aromatic carbocycles. The first-order valence-electron chi connectivity index (χ1n) is 8.58. The lowest BCUT2D eigenvalue weighted by Gasteiger charge is -2.21. The van der Waals surface area contributed by atoms with Crippen LogP contribution in [0, 0.1) is 19.8 Å². The van der Waals surface area contributed by atoms with Gasteiger partial charge in [-0.2, -0.15) is 0 Å². The molecule has 1 fully saturated rings. The Labute approximate surface area is 151 Å². The molecule has 7 nitrogen and oxygen atoms in total. The maximum atomic E-state index is 12.5. The Hall–Kier alpha value is -3.09. The predicted molar refractivity (Wildman–Crippen MR) is 96.6 cm³/mol. The minimum Gasteiger partial charge on any atom is -0.355 e. The van der Waals surface area contributed by atoms with Crippen molar-refractivity contribution in [2.24, 2.45) is 5.92 Å².